The molecule has 0 aliphatic rings. The van der Waals surface area contributed by atoms with E-state index in [1.165, 1.54) is 77.0 Å². The van der Waals surface area contributed by atoms with Crippen LogP contribution in [0.3, 0.4) is 0 Å². The molecular formula is C21H40O6. The molecule has 1 unspecified atom stereocenters. The second kappa shape index (κ2) is 19.6. The summed E-state index contributed by atoms with van der Waals surface area (Å²) >= 11 is 0. The third kappa shape index (κ3) is 18.0. The van der Waals surface area contributed by atoms with E-state index in [0.717, 1.165) is 12.8 Å². The van der Waals surface area contributed by atoms with Crippen molar-refractivity contribution in [2.45, 2.75) is 116 Å². The van der Waals surface area contributed by atoms with Crippen LogP contribution in [0.25, 0.3) is 0 Å². The van der Waals surface area contributed by atoms with Gasteiger partial charge in [-0.1, -0.05) is 96.8 Å². The van der Waals surface area contributed by atoms with Crippen molar-refractivity contribution in [1.82, 2.24) is 0 Å². The SMILES string of the molecule is CCCCCCCCCCCCCCCCCC(=O)OOC(=O)C(O)CO. The average molecular weight is 389 g/mol. The molecule has 0 aliphatic heterocycles. The number of carbonyl (C=O) groups excluding carboxylic acids is 2. The van der Waals surface area contributed by atoms with Gasteiger partial charge in [0, 0.05) is 0 Å². The van der Waals surface area contributed by atoms with Crippen molar-refractivity contribution in [2.75, 3.05) is 6.61 Å². The normalized spacial score (nSPS) is 12.0. The van der Waals surface area contributed by atoms with Gasteiger partial charge in [0.05, 0.1) is 13.0 Å². The summed E-state index contributed by atoms with van der Waals surface area (Å²) in [4.78, 5) is 30.7. The Labute approximate surface area is 164 Å². The van der Waals surface area contributed by atoms with Gasteiger partial charge in [0.25, 0.3) is 0 Å². The zero-order valence-corrected chi connectivity index (χ0v) is 17.1. The predicted octanol–water partition coefficient (Wildman–Crippen LogP) is 4.60. The summed E-state index contributed by atoms with van der Waals surface area (Å²) in [5, 5.41) is 17.5. The lowest BCUT2D eigenvalue weighted by molar-refractivity contribution is -0.265. The van der Waals surface area contributed by atoms with Gasteiger partial charge in [-0.15, -0.1) is 0 Å². The van der Waals surface area contributed by atoms with Crippen molar-refractivity contribution in [3.8, 4) is 0 Å². The number of aliphatic hydroxyl groups excluding tert-OH is 2. The van der Waals surface area contributed by atoms with E-state index >= 15 is 0 Å². The van der Waals surface area contributed by atoms with Gasteiger partial charge in [-0.2, -0.15) is 0 Å². The molecule has 0 amide bonds. The lowest BCUT2D eigenvalue weighted by atomic mass is 10.0. The highest BCUT2D eigenvalue weighted by Crippen LogP contribution is 2.13. The van der Waals surface area contributed by atoms with E-state index in [2.05, 4.69) is 16.7 Å². The molecule has 0 radical (unpaired) electrons. The first-order valence-corrected chi connectivity index (χ1v) is 10.8. The smallest absolute Gasteiger partial charge is 0.386 e. The minimum Gasteiger partial charge on any atom is -0.393 e. The van der Waals surface area contributed by atoms with E-state index in [4.69, 9.17) is 10.2 Å². The number of aliphatic hydroxyl groups is 2. The second-order valence-corrected chi connectivity index (χ2v) is 7.26. The Morgan fingerprint density at radius 3 is 1.52 bits per heavy atom. The molecule has 1 atom stereocenters. The van der Waals surface area contributed by atoms with Crippen LogP contribution in [0, 0.1) is 0 Å². The summed E-state index contributed by atoms with van der Waals surface area (Å²) in [5.41, 5.74) is 0. The van der Waals surface area contributed by atoms with Crippen LogP contribution in [0.2, 0.25) is 0 Å². The molecule has 6 nitrogen and oxygen atoms in total. The van der Waals surface area contributed by atoms with Crippen molar-refractivity contribution in [3.05, 3.63) is 0 Å². The molecule has 0 saturated heterocycles. The highest BCUT2D eigenvalue weighted by molar-refractivity contribution is 5.75. The highest BCUT2D eigenvalue weighted by Gasteiger charge is 2.18. The standard InChI is InChI=1S/C21H40O6/c1-2-3-4-5-6-7-8-9-10-11-12-13-14-15-16-17-20(24)26-27-21(25)19(23)18-22/h19,22-23H,2-18H2,1H3. The average Bonchev–Trinajstić information content (AvgIpc) is 2.68. The van der Waals surface area contributed by atoms with E-state index in [9.17, 15) is 9.59 Å². The summed E-state index contributed by atoms with van der Waals surface area (Å²) in [6.45, 7) is 1.48. The molecule has 160 valence electrons. The van der Waals surface area contributed by atoms with E-state index in [1.807, 2.05) is 0 Å². The molecule has 0 heterocycles. The van der Waals surface area contributed by atoms with Crippen molar-refractivity contribution < 1.29 is 29.6 Å². The summed E-state index contributed by atoms with van der Waals surface area (Å²) in [7, 11) is 0. The van der Waals surface area contributed by atoms with Gasteiger partial charge in [0.1, 0.15) is 0 Å². The Morgan fingerprint density at radius 2 is 1.11 bits per heavy atom. The van der Waals surface area contributed by atoms with Crippen LogP contribution >= 0.6 is 0 Å². The summed E-state index contributed by atoms with van der Waals surface area (Å²) < 4.78 is 0. The van der Waals surface area contributed by atoms with Gasteiger partial charge >= 0.3 is 11.9 Å². The summed E-state index contributed by atoms with van der Waals surface area (Å²) in [6, 6.07) is 0. The maximum absolute atomic E-state index is 11.3. The molecule has 27 heavy (non-hydrogen) atoms. The van der Waals surface area contributed by atoms with Crippen LogP contribution in [0.1, 0.15) is 110 Å². The van der Waals surface area contributed by atoms with Gasteiger partial charge in [-0.3, -0.25) is 0 Å². The maximum atomic E-state index is 11.3. The molecule has 6 heteroatoms. The molecule has 0 aromatic rings. The molecule has 2 N–H and O–H groups in total. The second-order valence-electron chi connectivity index (χ2n) is 7.26. The third-order valence-corrected chi connectivity index (χ3v) is 4.65. The van der Waals surface area contributed by atoms with Crippen molar-refractivity contribution >= 4 is 11.9 Å². The quantitative estimate of drug-likeness (QED) is 0.202. The molecular weight excluding hydrogens is 348 g/mol. The summed E-state index contributed by atoms with van der Waals surface area (Å²) in [5.74, 6) is -1.80. The fraction of sp³-hybridized carbons (Fsp3) is 0.905. The Hall–Kier alpha value is -1.14. The van der Waals surface area contributed by atoms with Gasteiger partial charge < -0.3 is 10.2 Å². The molecule has 0 aliphatic carbocycles. The number of unbranched alkanes of at least 4 members (excludes halogenated alkanes) is 14. The fourth-order valence-corrected chi connectivity index (χ4v) is 2.90. The zero-order chi connectivity index (χ0) is 20.2. The minimum atomic E-state index is -1.68. The first kappa shape index (κ1) is 25.9. The Kier molecular flexibility index (Phi) is 18.8. The van der Waals surface area contributed by atoms with Gasteiger partial charge in [0.2, 0.25) is 0 Å². The van der Waals surface area contributed by atoms with Crippen molar-refractivity contribution in [2.24, 2.45) is 0 Å². The first-order valence-electron chi connectivity index (χ1n) is 10.8. The van der Waals surface area contributed by atoms with Crippen molar-refractivity contribution in [1.29, 1.82) is 0 Å². The van der Waals surface area contributed by atoms with Crippen LogP contribution in [0.5, 0.6) is 0 Å². The largest absolute Gasteiger partial charge is 0.393 e. The van der Waals surface area contributed by atoms with Crippen LogP contribution in [-0.2, 0) is 19.4 Å². The Bertz CT molecular complexity index is 359. The zero-order valence-electron chi connectivity index (χ0n) is 17.1. The highest BCUT2D eigenvalue weighted by atomic mass is 17.2. The van der Waals surface area contributed by atoms with Crippen molar-refractivity contribution in [3.63, 3.8) is 0 Å². The number of rotatable bonds is 18. The van der Waals surface area contributed by atoms with E-state index in [0.29, 0.717) is 6.42 Å². The Morgan fingerprint density at radius 1 is 0.704 bits per heavy atom. The van der Waals surface area contributed by atoms with Gasteiger partial charge in [-0.25, -0.2) is 19.4 Å². The fourth-order valence-electron chi connectivity index (χ4n) is 2.90. The van der Waals surface area contributed by atoms with E-state index < -0.39 is 24.6 Å². The third-order valence-electron chi connectivity index (χ3n) is 4.65. The molecule has 0 aromatic heterocycles. The number of hydrogen-bond acceptors (Lipinski definition) is 6. The summed E-state index contributed by atoms with van der Waals surface area (Å²) in [6.07, 6.45) is 17.3. The van der Waals surface area contributed by atoms with Gasteiger partial charge in [-0.05, 0) is 6.42 Å². The molecule has 0 spiro atoms. The monoisotopic (exact) mass is 388 g/mol. The van der Waals surface area contributed by atoms with E-state index in [1.54, 1.807) is 0 Å². The Balaban J connectivity index is 3.24. The predicted molar refractivity (Wildman–Crippen MR) is 105 cm³/mol. The van der Waals surface area contributed by atoms with Crippen LogP contribution < -0.4 is 0 Å². The molecule has 0 bridgehead atoms. The molecule has 0 rings (SSSR count). The lowest BCUT2D eigenvalue weighted by Crippen LogP contribution is -2.27. The molecule has 0 fully saturated rings. The number of hydrogen-bond donors (Lipinski definition) is 2. The first-order chi connectivity index (χ1) is 13.1. The van der Waals surface area contributed by atoms with Crippen LogP contribution in [0.4, 0.5) is 0 Å². The molecule has 0 saturated carbocycles. The van der Waals surface area contributed by atoms with E-state index in [-0.39, 0.29) is 6.42 Å². The van der Waals surface area contributed by atoms with Crippen LogP contribution in [-0.4, -0.2) is 34.9 Å². The van der Waals surface area contributed by atoms with Gasteiger partial charge in [0.15, 0.2) is 6.10 Å². The van der Waals surface area contributed by atoms with Crippen LogP contribution in [0.15, 0.2) is 0 Å². The molecule has 0 aromatic carbocycles. The topological polar surface area (TPSA) is 93.1 Å². The number of carbonyl (C=O) groups is 2. The maximum Gasteiger partial charge on any atom is 0.386 e. The lowest BCUT2D eigenvalue weighted by Gasteiger charge is -2.06. The minimum absolute atomic E-state index is 0.181.